The minimum atomic E-state index is 0.822. The van der Waals surface area contributed by atoms with Crippen LogP contribution < -0.4 is 10.6 Å². The Balaban J connectivity index is 1.99. The molecule has 2 rings (SSSR count). The highest BCUT2D eigenvalue weighted by Gasteiger charge is 2.21. The van der Waals surface area contributed by atoms with Gasteiger partial charge in [0.05, 0.1) is 0 Å². The van der Waals surface area contributed by atoms with Crippen molar-refractivity contribution in [2.24, 2.45) is 11.8 Å². The zero-order valence-electron chi connectivity index (χ0n) is 10.3. The summed E-state index contributed by atoms with van der Waals surface area (Å²) in [6, 6.07) is 8.23. The minimum Gasteiger partial charge on any atom is -0.399 e. The van der Waals surface area contributed by atoms with Crippen molar-refractivity contribution < 1.29 is 0 Å². The van der Waals surface area contributed by atoms with Crippen LogP contribution in [0.25, 0.3) is 0 Å². The van der Waals surface area contributed by atoms with Gasteiger partial charge in [-0.1, -0.05) is 19.9 Å². The van der Waals surface area contributed by atoms with E-state index in [4.69, 9.17) is 5.73 Å². The fourth-order valence-electron chi connectivity index (χ4n) is 2.55. The van der Waals surface area contributed by atoms with Gasteiger partial charge in [-0.3, -0.25) is 0 Å². The summed E-state index contributed by atoms with van der Waals surface area (Å²) >= 11 is 0. The molecule has 1 aromatic carbocycles. The molecule has 1 fully saturated rings. The van der Waals surface area contributed by atoms with Gasteiger partial charge in [-0.25, -0.2) is 0 Å². The van der Waals surface area contributed by atoms with Crippen LogP contribution in [0.15, 0.2) is 24.3 Å². The summed E-state index contributed by atoms with van der Waals surface area (Å²) < 4.78 is 0. The van der Waals surface area contributed by atoms with Crippen LogP contribution in [-0.2, 0) is 0 Å². The number of nitrogens with two attached hydrogens (primary N) is 1. The van der Waals surface area contributed by atoms with Crippen LogP contribution in [0.3, 0.4) is 0 Å². The molecule has 0 saturated carbocycles. The molecule has 16 heavy (non-hydrogen) atoms. The van der Waals surface area contributed by atoms with Gasteiger partial charge in [-0.05, 0) is 42.9 Å². The average molecular weight is 218 g/mol. The van der Waals surface area contributed by atoms with Crippen molar-refractivity contribution in [3.05, 3.63) is 24.3 Å². The highest BCUT2D eigenvalue weighted by Crippen LogP contribution is 2.28. The van der Waals surface area contributed by atoms with E-state index in [-0.39, 0.29) is 0 Å². The number of benzene rings is 1. The number of nitrogen functional groups attached to an aromatic ring is 1. The first kappa shape index (κ1) is 11.3. The topological polar surface area (TPSA) is 29.3 Å². The first-order chi connectivity index (χ1) is 7.66. The second kappa shape index (κ2) is 4.77. The first-order valence-corrected chi connectivity index (χ1v) is 6.27. The molecule has 88 valence electrons. The van der Waals surface area contributed by atoms with E-state index in [1.54, 1.807) is 0 Å². The quantitative estimate of drug-likeness (QED) is 0.773. The fraction of sp³-hybridized carbons (Fsp3) is 0.571. The van der Waals surface area contributed by atoms with Gasteiger partial charge >= 0.3 is 0 Å². The molecule has 0 spiro atoms. The summed E-state index contributed by atoms with van der Waals surface area (Å²) in [5.41, 5.74) is 7.96. The Bertz CT molecular complexity index is 338. The minimum absolute atomic E-state index is 0.822. The maximum atomic E-state index is 5.81. The molecule has 2 nitrogen and oxygen atoms in total. The molecule has 0 unspecified atom stereocenters. The molecule has 0 aromatic heterocycles. The van der Waals surface area contributed by atoms with Gasteiger partial charge in [0.1, 0.15) is 0 Å². The highest BCUT2D eigenvalue weighted by atomic mass is 15.1. The molecular formula is C14H22N2. The van der Waals surface area contributed by atoms with Gasteiger partial charge in [-0.15, -0.1) is 0 Å². The molecule has 1 saturated heterocycles. The Hall–Kier alpha value is -1.18. The van der Waals surface area contributed by atoms with Crippen LogP contribution in [0.5, 0.6) is 0 Å². The van der Waals surface area contributed by atoms with Crippen molar-refractivity contribution in [2.45, 2.75) is 26.7 Å². The number of piperidine rings is 1. The number of hydrogen-bond acceptors (Lipinski definition) is 2. The van der Waals surface area contributed by atoms with E-state index in [9.17, 15) is 0 Å². The van der Waals surface area contributed by atoms with E-state index < -0.39 is 0 Å². The Morgan fingerprint density at radius 1 is 1.25 bits per heavy atom. The number of rotatable bonds is 2. The van der Waals surface area contributed by atoms with Gasteiger partial charge in [0.15, 0.2) is 0 Å². The molecule has 2 heteroatoms. The van der Waals surface area contributed by atoms with E-state index in [0.717, 1.165) is 17.5 Å². The van der Waals surface area contributed by atoms with Crippen LogP contribution in [0.4, 0.5) is 11.4 Å². The third kappa shape index (κ3) is 2.49. The Kier molecular flexibility index (Phi) is 3.37. The van der Waals surface area contributed by atoms with Gasteiger partial charge < -0.3 is 10.6 Å². The third-order valence-corrected chi connectivity index (χ3v) is 3.72. The second-order valence-electron chi connectivity index (χ2n) is 5.16. The predicted molar refractivity (Wildman–Crippen MR) is 70.6 cm³/mol. The lowest BCUT2D eigenvalue weighted by molar-refractivity contribution is 0.311. The molecular weight excluding hydrogens is 196 g/mol. The van der Waals surface area contributed by atoms with Crippen molar-refractivity contribution >= 4 is 11.4 Å². The van der Waals surface area contributed by atoms with Crippen molar-refractivity contribution in [1.82, 2.24) is 0 Å². The molecule has 0 bridgehead atoms. The summed E-state index contributed by atoms with van der Waals surface area (Å²) in [4.78, 5) is 2.45. The molecule has 0 amide bonds. The lowest BCUT2D eigenvalue weighted by Crippen LogP contribution is -2.35. The number of anilines is 2. The SMILES string of the molecule is CC(C)C1CCN(c2cccc(N)c2)CC1. The van der Waals surface area contributed by atoms with Crippen molar-refractivity contribution in [3.8, 4) is 0 Å². The van der Waals surface area contributed by atoms with Gasteiger partial charge in [0.25, 0.3) is 0 Å². The molecule has 0 aliphatic carbocycles. The maximum Gasteiger partial charge on any atom is 0.0386 e. The highest BCUT2D eigenvalue weighted by molar-refractivity contribution is 5.56. The lowest BCUT2D eigenvalue weighted by atomic mass is 9.86. The van der Waals surface area contributed by atoms with Gasteiger partial charge in [0, 0.05) is 24.5 Å². The average Bonchev–Trinajstić information content (AvgIpc) is 2.29. The van der Waals surface area contributed by atoms with Crippen LogP contribution in [0.2, 0.25) is 0 Å². The fourth-order valence-corrected chi connectivity index (χ4v) is 2.55. The molecule has 1 aliphatic heterocycles. The molecule has 1 aromatic rings. The zero-order valence-corrected chi connectivity index (χ0v) is 10.3. The summed E-state index contributed by atoms with van der Waals surface area (Å²) in [5.74, 6) is 1.72. The normalized spacial score (nSPS) is 18.1. The zero-order chi connectivity index (χ0) is 11.5. The van der Waals surface area contributed by atoms with Crippen molar-refractivity contribution in [3.63, 3.8) is 0 Å². The Labute approximate surface area is 98.4 Å². The van der Waals surface area contributed by atoms with Crippen molar-refractivity contribution in [2.75, 3.05) is 23.7 Å². The second-order valence-corrected chi connectivity index (χ2v) is 5.16. The molecule has 1 aliphatic rings. The van der Waals surface area contributed by atoms with Crippen molar-refractivity contribution in [1.29, 1.82) is 0 Å². The van der Waals surface area contributed by atoms with E-state index in [2.05, 4.69) is 30.9 Å². The molecule has 2 N–H and O–H groups in total. The Morgan fingerprint density at radius 3 is 2.50 bits per heavy atom. The Morgan fingerprint density at radius 2 is 1.94 bits per heavy atom. The smallest absolute Gasteiger partial charge is 0.0386 e. The van der Waals surface area contributed by atoms with Crippen LogP contribution in [0, 0.1) is 11.8 Å². The van der Waals surface area contributed by atoms with E-state index in [1.165, 1.54) is 31.6 Å². The molecule has 0 atom stereocenters. The van der Waals surface area contributed by atoms with Crippen LogP contribution in [-0.4, -0.2) is 13.1 Å². The molecule has 1 heterocycles. The summed E-state index contributed by atoms with van der Waals surface area (Å²) in [6.07, 6.45) is 2.62. The summed E-state index contributed by atoms with van der Waals surface area (Å²) in [7, 11) is 0. The third-order valence-electron chi connectivity index (χ3n) is 3.72. The van der Waals surface area contributed by atoms with Crippen LogP contribution in [0.1, 0.15) is 26.7 Å². The number of nitrogens with zero attached hydrogens (tertiary/aromatic N) is 1. The standard InChI is InChI=1S/C14H22N2/c1-11(2)12-6-8-16(9-7-12)14-5-3-4-13(15)10-14/h3-5,10-12H,6-9,15H2,1-2H3. The summed E-state index contributed by atoms with van der Waals surface area (Å²) in [5, 5.41) is 0. The summed E-state index contributed by atoms with van der Waals surface area (Å²) in [6.45, 7) is 7.01. The largest absolute Gasteiger partial charge is 0.399 e. The van der Waals surface area contributed by atoms with E-state index in [0.29, 0.717) is 0 Å². The van der Waals surface area contributed by atoms with E-state index >= 15 is 0 Å². The first-order valence-electron chi connectivity index (χ1n) is 6.27. The van der Waals surface area contributed by atoms with E-state index in [1.807, 2.05) is 12.1 Å². The van der Waals surface area contributed by atoms with Gasteiger partial charge in [0.2, 0.25) is 0 Å². The van der Waals surface area contributed by atoms with Crippen LogP contribution >= 0.6 is 0 Å². The monoisotopic (exact) mass is 218 g/mol. The van der Waals surface area contributed by atoms with Gasteiger partial charge in [-0.2, -0.15) is 0 Å². The maximum absolute atomic E-state index is 5.81. The molecule has 0 radical (unpaired) electrons. The predicted octanol–water partition coefficient (Wildman–Crippen LogP) is 3.14. The number of hydrogen-bond donors (Lipinski definition) is 1. The lowest BCUT2D eigenvalue weighted by Gasteiger charge is -2.35.